The van der Waals surface area contributed by atoms with Crippen LogP contribution in [0.25, 0.3) is 0 Å². The zero-order valence-corrected chi connectivity index (χ0v) is 12.2. The summed E-state index contributed by atoms with van der Waals surface area (Å²) in [6.07, 6.45) is 7.27. The van der Waals surface area contributed by atoms with Crippen molar-refractivity contribution < 1.29 is 14.3 Å². The van der Waals surface area contributed by atoms with Crippen LogP contribution < -0.4 is 5.32 Å². The van der Waals surface area contributed by atoms with Crippen molar-refractivity contribution in [2.75, 3.05) is 20.3 Å². The Labute approximate surface area is 120 Å². The smallest absolute Gasteiger partial charge is 0.249 e. The summed E-state index contributed by atoms with van der Waals surface area (Å²) in [6, 6.07) is 0. The monoisotopic (exact) mass is 280 g/mol. The Morgan fingerprint density at radius 1 is 1.10 bits per heavy atom. The fraction of sp³-hybridized carbons (Fsp3) is 0.867. The molecule has 1 N–H and O–H groups in total. The third-order valence-electron chi connectivity index (χ3n) is 5.35. The summed E-state index contributed by atoms with van der Waals surface area (Å²) in [7, 11) is 1.64. The van der Waals surface area contributed by atoms with Crippen LogP contribution in [0.3, 0.4) is 0 Å². The first kappa shape index (κ1) is 13.9. The van der Waals surface area contributed by atoms with Crippen molar-refractivity contribution in [1.29, 1.82) is 0 Å². The van der Waals surface area contributed by atoms with Crippen molar-refractivity contribution in [2.45, 2.75) is 62.4 Å². The van der Waals surface area contributed by atoms with Gasteiger partial charge in [0.15, 0.2) is 0 Å². The quantitative estimate of drug-likeness (QED) is 0.845. The van der Waals surface area contributed by atoms with E-state index in [0.29, 0.717) is 13.2 Å². The molecule has 3 aliphatic rings. The van der Waals surface area contributed by atoms with Crippen LogP contribution in [0.4, 0.5) is 0 Å². The lowest BCUT2D eigenvalue weighted by molar-refractivity contribution is -0.163. The van der Waals surface area contributed by atoms with Gasteiger partial charge in [-0.2, -0.15) is 0 Å². The maximum absolute atomic E-state index is 13.0. The number of hydrogen-bond donors (Lipinski definition) is 1. The third kappa shape index (κ3) is 1.86. The summed E-state index contributed by atoms with van der Waals surface area (Å²) >= 11 is 0. The van der Waals surface area contributed by atoms with E-state index < -0.39 is 11.1 Å². The van der Waals surface area contributed by atoms with Gasteiger partial charge in [-0.25, -0.2) is 0 Å². The van der Waals surface area contributed by atoms with Gasteiger partial charge in [-0.15, -0.1) is 0 Å². The van der Waals surface area contributed by atoms with Crippen LogP contribution >= 0.6 is 0 Å². The van der Waals surface area contributed by atoms with Crippen molar-refractivity contribution >= 4 is 11.8 Å². The Bertz CT molecular complexity index is 409. The third-order valence-corrected chi connectivity index (χ3v) is 5.35. The second-order valence-corrected chi connectivity index (χ2v) is 6.43. The molecule has 0 radical (unpaired) electrons. The fourth-order valence-electron chi connectivity index (χ4n) is 4.23. The number of hydrogen-bond acceptors (Lipinski definition) is 3. The lowest BCUT2D eigenvalue weighted by Gasteiger charge is -2.50. The summed E-state index contributed by atoms with van der Waals surface area (Å²) < 4.78 is 5.16. The Morgan fingerprint density at radius 2 is 1.70 bits per heavy atom. The predicted molar refractivity (Wildman–Crippen MR) is 74.1 cm³/mol. The van der Waals surface area contributed by atoms with Crippen LogP contribution in [-0.2, 0) is 14.3 Å². The van der Waals surface area contributed by atoms with Gasteiger partial charge in [0.05, 0.1) is 6.61 Å². The molecular weight excluding hydrogens is 256 g/mol. The van der Waals surface area contributed by atoms with Crippen LogP contribution in [0.2, 0.25) is 0 Å². The minimum absolute atomic E-state index is 0.0765. The number of rotatable bonds is 3. The minimum Gasteiger partial charge on any atom is -0.383 e. The van der Waals surface area contributed by atoms with Crippen molar-refractivity contribution in [3.05, 3.63) is 0 Å². The standard InChI is InChI=1S/C15H24N2O3/c1-20-11-10-17-13(19)14(6-2-3-7-14)16-12(18)15(17)8-4-5-9-15/h2-11H2,1H3,(H,16,18). The molecule has 20 heavy (non-hydrogen) atoms. The van der Waals surface area contributed by atoms with Gasteiger partial charge in [-0.05, 0) is 25.7 Å². The Morgan fingerprint density at radius 3 is 2.30 bits per heavy atom. The van der Waals surface area contributed by atoms with E-state index in [1.165, 1.54) is 0 Å². The SMILES string of the molecule is COCCN1C(=O)C2(CCCC2)NC(=O)C12CCCC2. The van der Waals surface area contributed by atoms with E-state index in [1.807, 2.05) is 4.90 Å². The highest BCUT2D eigenvalue weighted by Crippen LogP contribution is 2.43. The number of carbonyl (C=O) groups is 2. The summed E-state index contributed by atoms with van der Waals surface area (Å²) in [6.45, 7) is 1.03. The highest BCUT2D eigenvalue weighted by atomic mass is 16.5. The van der Waals surface area contributed by atoms with Crippen LogP contribution in [-0.4, -0.2) is 48.1 Å². The first-order chi connectivity index (χ1) is 9.65. The molecule has 2 spiro atoms. The van der Waals surface area contributed by atoms with Gasteiger partial charge >= 0.3 is 0 Å². The molecule has 0 bridgehead atoms. The van der Waals surface area contributed by atoms with Gasteiger partial charge in [0.2, 0.25) is 11.8 Å². The number of nitrogens with zero attached hydrogens (tertiary/aromatic N) is 1. The van der Waals surface area contributed by atoms with Crippen LogP contribution in [0.1, 0.15) is 51.4 Å². The maximum atomic E-state index is 13.0. The molecule has 5 heteroatoms. The second kappa shape index (κ2) is 5.02. The molecule has 5 nitrogen and oxygen atoms in total. The van der Waals surface area contributed by atoms with Gasteiger partial charge in [0.25, 0.3) is 0 Å². The first-order valence-corrected chi connectivity index (χ1v) is 7.78. The number of ether oxygens (including phenoxy) is 1. The lowest BCUT2D eigenvalue weighted by atomic mass is 9.83. The van der Waals surface area contributed by atoms with E-state index in [9.17, 15) is 9.59 Å². The van der Waals surface area contributed by atoms with Crippen LogP contribution in [0.15, 0.2) is 0 Å². The summed E-state index contributed by atoms with van der Waals surface area (Å²) in [5.41, 5.74) is -1.21. The summed E-state index contributed by atoms with van der Waals surface area (Å²) in [5.74, 6) is 0.209. The van der Waals surface area contributed by atoms with Gasteiger partial charge in [-0.3, -0.25) is 9.59 Å². The highest BCUT2D eigenvalue weighted by Gasteiger charge is 2.59. The molecule has 1 saturated heterocycles. The highest BCUT2D eigenvalue weighted by molar-refractivity contribution is 6.02. The van der Waals surface area contributed by atoms with E-state index in [2.05, 4.69) is 5.32 Å². The lowest BCUT2D eigenvalue weighted by Crippen LogP contribution is -2.74. The molecule has 2 saturated carbocycles. The van der Waals surface area contributed by atoms with Gasteiger partial charge < -0.3 is 15.0 Å². The maximum Gasteiger partial charge on any atom is 0.249 e. The van der Waals surface area contributed by atoms with Gasteiger partial charge in [0, 0.05) is 13.7 Å². The zero-order valence-electron chi connectivity index (χ0n) is 12.2. The van der Waals surface area contributed by atoms with Crippen molar-refractivity contribution in [1.82, 2.24) is 10.2 Å². The number of amides is 2. The normalized spacial score (nSPS) is 27.6. The molecule has 112 valence electrons. The molecule has 0 unspecified atom stereocenters. The molecule has 1 aliphatic heterocycles. The van der Waals surface area contributed by atoms with Crippen LogP contribution in [0, 0.1) is 0 Å². The summed E-state index contributed by atoms with van der Waals surface area (Å²) in [4.78, 5) is 27.6. The number of methoxy groups -OCH3 is 1. The Kier molecular flexibility index (Phi) is 3.48. The van der Waals surface area contributed by atoms with Gasteiger partial charge in [0.1, 0.15) is 11.1 Å². The zero-order chi connectivity index (χ0) is 14.2. The van der Waals surface area contributed by atoms with Crippen LogP contribution in [0.5, 0.6) is 0 Å². The average molecular weight is 280 g/mol. The molecule has 2 amide bonds. The van der Waals surface area contributed by atoms with E-state index in [0.717, 1.165) is 51.4 Å². The summed E-state index contributed by atoms with van der Waals surface area (Å²) in [5, 5.41) is 3.11. The fourth-order valence-corrected chi connectivity index (χ4v) is 4.23. The van der Waals surface area contributed by atoms with Crippen molar-refractivity contribution in [3.63, 3.8) is 0 Å². The molecule has 0 atom stereocenters. The Hall–Kier alpha value is -1.10. The van der Waals surface area contributed by atoms with E-state index in [4.69, 9.17) is 4.74 Å². The molecule has 2 aliphatic carbocycles. The molecular formula is C15H24N2O3. The molecule has 3 rings (SSSR count). The molecule has 1 heterocycles. The van der Waals surface area contributed by atoms with Crippen molar-refractivity contribution in [3.8, 4) is 0 Å². The van der Waals surface area contributed by atoms with E-state index in [1.54, 1.807) is 7.11 Å². The molecule has 0 aromatic rings. The van der Waals surface area contributed by atoms with E-state index in [-0.39, 0.29) is 11.8 Å². The number of carbonyl (C=O) groups excluding carboxylic acids is 2. The predicted octanol–water partition coefficient (Wildman–Crippen LogP) is 1.22. The number of piperazine rings is 1. The average Bonchev–Trinajstić information content (AvgIpc) is 3.08. The molecule has 0 aromatic carbocycles. The molecule has 3 fully saturated rings. The topological polar surface area (TPSA) is 58.6 Å². The Balaban J connectivity index is 1.92. The minimum atomic E-state index is -0.612. The largest absolute Gasteiger partial charge is 0.383 e. The first-order valence-electron chi connectivity index (χ1n) is 7.78. The second-order valence-electron chi connectivity index (χ2n) is 6.43. The van der Waals surface area contributed by atoms with E-state index >= 15 is 0 Å². The van der Waals surface area contributed by atoms with Crippen molar-refractivity contribution in [2.24, 2.45) is 0 Å². The number of nitrogens with one attached hydrogen (secondary N) is 1. The molecule has 0 aromatic heterocycles. The van der Waals surface area contributed by atoms with Gasteiger partial charge in [-0.1, -0.05) is 25.7 Å².